The molecule has 4 aromatic rings. The van der Waals surface area contributed by atoms with E-state index in [4.69, 9.17) is 0 Å². The van der Waals surface area contributed by atoms with Gasteiger partial charge in [-0.15, -0.1) is 0 Å². The molecular formula is C19H15N5OS. The summed E-state index contributed by atoms with van der Waals surface area (Å²) in [6.45, 7) is 1.78. The lowest BCUT2D eigenvalue weighted by Gasteiger charge is -2.08. The molecule has 0 aliphatic heterocycles. The number of carbonyl (C=O) groups excluding carboxylic acids is 1. The van der Waals surface area contributed by atoms with Gasteiger partial charge in [-0.25, -0.2) is 15.0 Å². The van der Waals surface area contributed by atoms with Crippen molar-refractivity contribution in [1.82, 2.24) is 15.0 Å². The molecule has 0 bridgehead atoms. The average molecular weight is 361 g/mol. The molecule has 2 aromatic carbocycles. The lowest BCUT2D eigenvalue weighted by atomic mass is 10.2. The summed E-state index contributed by atoms with van der Waals surface area (Å²) in [4.78, 5) is 25.5. The molecule has 26 heavy (non-hydrogen) atoms. The summed E-state index contributed by atoms with van der Waals surface area (Å²) in [6.07, 6.45) is 1.52. The van der Waals surface area contributed by atoms with Crippen molar-refractivity contribution in [3.05, 3.63) is 72.1 Å². The van der Waals surface area contributed by atoms with E-state index in [1.165, 1.54) is 17.5 Å². The van der Waals surface area contributed by atoms with Crippen molar-refractivity contribution in [2.24, 2.45) is 0 Å². The lowest BCUT2D eigenvalue weighted by Crippen LogP contribution is -2.15. The average Bonchev–Trinajstić information content (AvgIpc) is 3.04. The Bertz CT molecular complexity index is 1040. The molecule has 0 saturated carbocycles. The summed E-state index contributed by atoms with van der Waals surface area (Å²) < 4.78 is 1.09. The highest BCUT2D eigenvalue weighted by molar-refractivity contribution is 7.22. The van der Waals surface area contributed by atoms with Crippen LogP contribution in [-0.2, 0) is 0 Å². The number of nitrogens with one attached hydrogen (secondary N) is 2. The largest absolute Gasteiger partial charge is 0.322 e. The fraction of sp³-hybridized carbons (Fsp3) is 0.0526. The maximum atomic E-state index is 12.4. The first-order chi connectivity index (χ1) is 12.7. The van der Waals surface area contributed by atoms with Crippen molar-refractivity contribution in [3.8, 4) is 0 Å². The van der Waals surface area contributed by atoms with Crippen molar-refractivity contribution in [3.63, 3.8) is 0 Å². The second-order valence-corrected chi connectivity index (χ2v) is 6.66. The highest BCUT2D eigenvalue weighted by Crippen LogP contribution is 2.27. The maximum Gasteiger partial charge on any atom is 0.259 e. The van der Waals surface area contributed by atoms with Crippen molar-refractivity contribution >= 4 is 44.2 Å². The van der Waals surface area contributed by atoms with Crippen LogP contribution >= 0.6 is 11.3 Å². The number of para-hydroxylation sites is 2. The minimum Gasteiger partial charge on any atom is -0.322 e. The molecule has 4 rings (SSSR count). The third-order valence-corrected chi connectivity index (χ3v) is 4.72. The molecule has 7 heteroatoms. The van der Waals surface area contributed by atoms with E-state index in [-0.39, 0.29) is 5.91 Å². The van der Waals surface area contributed by atoms with Crippen LogP contribution in [0.25, 0.3) is 10.2 Å². The maximum absolute atomic E-state index is 12.4. The third-order valence-electron chi connectivity index (χ3n) is 3.77. The molecule has 2 aromatic heterocycles. The SMILES string of the molecule is Cc1nc(Nc2nc3ccccc3s2)ncc1C(=O)Nc1ccccc1. The number of nitrogens with zero attached hydrogens (tertiary/aromatic N) is 3. The van der Waals surface area contributed by atoms with Gasteiger partial charge in [-0.05, 0) is 31.2 Å². The van der Waals surface area contributed by atoms with E-state index in [2.05, 4.69) is 25.6 Å². The fourth-order valence-corrected chi connectivity index (χ4v) is 3.35. The second-order valence-electron chi connectivity index (χ2n) is 5.62. The molecule has 0 radical (unpaired) electrons. The van der Waals surface area contributed by atoms with Crippen molar-refractivity contribution < 1.29 is 4.79 Å². The van der Waals surface area contributed by atoms with Crippen LogP contribution in [0.4, 0.5) is 16.8 Å². The smallest absolute Gasteiger partial charge is 0.259 e. The van der Waals surface area contributed by atoms with E-state index >= 15 is 0 Å². The minimum absolute atomic E-state index is 0.236. The lowest BCUT2D eigenvalue weighted by molar-refractivity contribution is 0.102. The van der Waals surface area contributed by atoms with E-state index in [9.17, 15) is 4.79 Å². The zero-order valence-electron chi connectivity index (χ0n) is 13.9. The van der Waals surface area contributed by atoms with E-state index in [0.29, 0.717) is 22.3 Å². The van der Waals surface area contributed by atoms with E-state index in [0.717, 1.165) is 15.9 Å². The molecular weight excluding hydrogens is 346 g/mol. The molecule has 0 aliphatic rings. The highest BCUT2D eigenvalue weighted by Gasteiger charge is 2.13. The normalized spacial score (nSPS) is 10.7. The number of carbonyl (C=O) groups is 1. The number of aromatic nitrogens is 3. The van der Waals surface area contributed by atoms with Crippen LogP contribution in [0.15, 0.2) is 60.8 Å². The van der Waals surface area contributed by atoms with Crippen LogP contribution in [-0.4, -0.2) is 20.9 Å². The molecule has 0 atom stereocenters. The number of anilines is 3. The van der Waals surface area contributed by atoms with Crippen LogP contribution in [0.2, 0.25) is 0 Å². The number of hydrogen-bond acceptors (Lipinski definition) is 6. The van der Waals surface area contributed by atoms with Crippen LogP contribution in [0.1, 0.15) is 16.1 Å². The Labute approximate surface area is 154 Å². The Morgan fingerprint density at radius 1 is 1.00 bits per heavy atom. The first-order valence-corrected chi connectivity index (χ1v) is 8.83. The summed E-state index contributed by atoms with van der Waals surface area (Å²) >= 11 is 1.53. The summed E-state index contributed by atoms with van der Waals surface area (Å²) in [5.41, 5.74) is 2.69. The zero-order valence-corrected chi connectivity index (χ0v) is 14.7. The van der Waals surface area contributed by atoms with Gasteiger partial charge < -0.3 is 10.6 Å². The Morgan fingerprint density at radius 3 is 2.54 bits per heavy atom. The monoisotopic (exact) mass is 361 g/mol. The molecule has 1 amide bonds. The first kappa shape index (κ1) is 16.2. The molecule has 0 saturated heterocycles. The Kier molecular flexibility index (Phi) is 4.28. The Hall–Kier alpha value is -3.32. The van der Waals surface area contributed by atoms with Crippen molar-refractivity contribution in [2.75, 3.05) is 10.6 Å². The molecule has 0 fully saturated rings. The minimum atomic E-state index is -0.236. The van der Waals surface area contributed by atoms with Gasteiger partial charge in [0, 0.05) is 11.9 Å². The van der Waals surface area contributed by atoms with Gasteiger partial charge in [0.15, 0.2) is 5.13 Å². The second kappa shape index (κ2) is 6.89. The van der Waals surface area contributed by atoms with Crippen molar-refractivity contribution in [2.45, 2.75) is 6.92 Å². The quantitative estimate of drug-likeness (QED) is 0.563. The molecule has 2 N–H and O–H groups in total. The molecule has 2 heterocycles. The van der Waals surface area contributed by atoms with Gasteiger partial charge in [-0.2, -0.15) is 0 Å². The standard InChI is InChI=1S/C19H15N5OS/c1-12-14(17(25)22-13-7-3-2-4-8-13)11-20-18(21-12)24-19-23-15-9-5-6-10-16(15)26-19/h2-11H,1H3,(H,22,25)(H,20,21,23,24). The van der Waals surface area contributed by atoms with E-state index < -0.39 is 0 Å². The Morgan fingerprint density at radius 2 is 1.77 bits per heavy atom. The number of thiazole rings is 1. The van der Waals surface area contributed by atoms with E-state index in [1.54, 1.807) is 6.92 Å². The van der Waals surface area contributed by atoms with Crippen LogP contribution in [0.3, 0.4) is 0 Å². The van der Waals surface area contributed by atoms with Gasteiger partial charge in [0.25, 0.3) is 5.91 Å². The van der Waals surface area contributed by atoms with Crippen LogP contribution < -0.4 is 10.6 Å². The molecule has 0 aliphatic carbocycles. The number of rotatable bonds is 4. The number of benzene rings is 2. The van der Waals surface area contributed by atoms with Gasteiger partial charge in [-0.3, -0.25) is 4.79 Å². The molecule has 6 nitrogen and oxygen atoms in total. The van der Waals surface area contributed by atoms with Gasteiger partial charge in [-0.1, -0.05) is 41.7 Å². The number of hydrogen-bond donors (Lipinski definition) is 2. The predicted molar refractivity (Wildman–Crippen MR) is 104 cm³/mol. The van der Waals surface area contributed by atoms with Gasteiger partial charge in [0.1, 0.15) is 0 Å². The van der Waals surface area contributed by atoms with Crippen LogP contribution in [0, 0.1) is 6.92 Å². The topological polar surface area (TPSA) is 79.8 Å². The summed E-state index contributed by atoms with van der Waals surface area (Å²) in [6, 6.07) is 17.2. The van der Waals surface area contributed by atoms with Gasteiger partial charge in [0.05, 0.1) is 21.5 Å². The summed E-state index contributed by atoms with van der Waals surface area (Å²) in [5.74, 6) is 0.179. The fourth-order valence-electron chi connectivity index (χ4n) is 2.49. The third kappa shape index (κ3) is 3.38. The van der Waals surface area contributed by atoms with Gasteiger partial charge >= 0.3 is 0 Å². The first-order valence-electron chi connectivity index (χ1n) is 8.02. The number of amides is 1. The van der Waals surface area contributed by atoms with Crippen LogP contribution in [0.5, 0.6) is 0 Å². The zero-order chi connectivity index (χ0) is 17.9. The van der Waals surface area contributed by atoms with Crippen molar-refractivity contribution in [1.29, 1.82) is 0 Å². The number of fused-ring (bicyclic) bond motifs is 1. The summed E-state index contributed by atoms with van der Waals surface area (Å²) in [7, 11) is 0. The summed E-state index contributed by atoms with van der Waals surface area (Å²) in [5, 5.41) is 6.65. The van der Waals surface area contributed by atoms with E-state index in [1.807, 2.05) is 54.6 Å². The molecule has 0 spiro atoms. The van der Waals surface area contributed by atoms with Gasteiger partial charge in [0.2, 0.25) is 5.95 Å². The molecule has 128 valence electrons. The number of aryl methyl sites for hydroxylation is 1. The Balaban J connectivity index is 1.52. The molecule has 0 unspecified atom stereocenters. The predicted octanol–water partition coefficient (Wildman–Crippen LogP) is 4.39. The highest BCUT2D eigenvalue weighted by atomic mass is 32.1.